The van der Waals surface area contributed by atoms with Crippen molar-refractivity contribution < 1.29 is 0 Å². The van der Waals surface area contributed by atoms with E-state index in [1.807, 2.05) is 11.9 Å². The smallest absolute Gasteiger partial charge is 0.290 e. The Labute approximate surface area is 94.9 Å². The van der Waals surface area contributed by atoms with Crippen molar-refractivity contribution in [2.24, 2.45) is 0 Å². The van der Waals surface area contributed by atoms with E-state index in [1.54, 1.807) is 12.4 Å². The van der Waals surface area contributed by atoms with Crippen molar-refractivity contribution in [3.8, 4) is 0 Å². The highest BCUT2D eigenvalue weighted by molar-refractivity contribution is 5.33. The van der Waals surface area contributed by atoms with Crippen molar-refractivity contribution in [2.75, 3.05) is 25.0 Å². The first-order chi connectivity index (χ1) is 7.77. The van der Waals surface area contributed by atoms with Gasteiger partial charge in [0.2, 0.25) is 0 Å². The standard InChI is InChI=1S/C11H18N4O/c1-15(8-9-4-2-3-5-12-9)10-11(16)14-7-6-13-10/h6-7,9,12H,2-5,8H2,1H3,(H,14,16). The van der Waals surface area contributed by atoms with E-state index in [-0.39, 0.29) is 5.56 Å². The third kappa shape index (κ3) is 2.61. The Balaban J connectivity index is 1.99. The first kappa shape index (κ1) is 11.1. The van der Waals surface area contributed by atoms with Gasteiger partial charge >= 0.3 is 0 Å². The van der Waals surface area contributed by atoms with Gasteiger partial charge in [-0.25, -0.2) is 4.98 Å². The molecule has 16 heavy (non-hydrogen) atoms. The van der Waals surface area contributed by atoms with E-state index in [2.05, 4.69) is 15.3 Å². The summed E-state index contributed by atoms with van der Waals surface area (Å²) >= 11 is 0. The highest BCUT2D eigenvalue weighted by Gasteiger charge is 2.16. The van der Waals surface area contributed by atoms with E-state index >= 15 is 0 Å². The fraction of sp³-hybridized carbons (Fsp3) is 0.636. The molecular weight excluding hydrogens is 204 g/mol. The lowest BCUT2D eigenvalue weighted by Gasteiger charge is -2.28. The molecule has 2 N–H and O–H groups in total. The molecule has 0 aliphatic carbocycles. The Morgan fingerprint density at radius 2 is 2.44 bits per heavy atom. The zero-order valence-electron chi connectivity index (χ0n) is 9.57. The summed E-state index contributed by atoms with van der Waals surface area (Å²) < 4.78 is 0. The molecule has 0 saturated carbocycles. The number of H-pyrrole nitrogens is 1. The van der Waals surface area contributed by atoms with Gasteiger partial charge in [0, 0.05) is 32.0 Å². The van der Waals surface area contributed by atoms with Crippen LogP contribution in [0, 0.1) is 0 Å². The molecule has 2 rings (SSSR count). The van der Waals surface area contributed by atoms with E-state index in [4.69, 9.17) is 0 Å². The molecule has 0 amide bonds. The van der Waals surface area contributed by atoms with Crippen molar-refractivity contribution in [2.45, 2.75) is 25.3 Å². The van der Waals surface area contributed by atoms with Gasteiger partial charge in [-0.05, 0) is 19.4 Å². The zero-order chi connectivity index (χ0) is 11.4. The van der Waals surface area contributed by atoms with Crippen LogP contribution in [0.1, 0.15) is 19.3 Å². The van der Waals surface area contributed by atoms with Crippen LogP contribution < -0.4 is 15.8 Å². The lowest BCUT2D eigenvalue weighted by atomic mass is 10.0. The highest BCUT2D eigenvalue weighted by Crippen LogP contribution is 2.09. The number of aromatic amines is 1. The van der Waals surface area contributed by atoms with Crippen molar-refractivity contribution in [3.63, 3.8) is 0 Å². The number of hydrogen-bond donors (Lipinski definition) is 2. The van der Waals surface area contributed by atoms with Crippen LogP contribution in [0.2, 0.25) is 0 Å². The Hall–Kier alpha value is -1.36. The molecule has 88 valence electrons. The van der Waals surface area contributed by atoms with Crippen LogP contribution in [-0.4, -0.2) is 36.1 Å². The van der Waals surface area contributed by atoms with E-state index in [1.165, 1.54) is 19.3 Å². The zero-order valence-corrected chi connectivity index (χ0v) is 9.57. The quantitative estimate of drug-likeness (QED) is 0.774. The molecule has 1 aromatic rings. The molecular formula is C11H18N4O. The molecule has 1 aromatic heterocycles. The average Bonchev–Trinajstić information content (AvgIpc) is 2.31. The number of nitrogens with zero attached hydrogens (tertiary/aromatic N) is 2. The minimum absolute atomic E-state index is 0.124. The molecule has 0 bridgehead atoms. The summed E-state index contributed by atoms with van der Waals surface area (Å²) in [5.41, 5.74) is -0.124. The van der Waals surface area contributed by atoms with Crippen molar-refractivity contribution in [3.05, 3.63) is 22.7 Å². The van der Waals surface area contributed by atoms with Crippen LogP contribution >= 0.6 is 0 Å². The van der Waals surface area contributed by atoms with E-state index in [9.17, 15) is 4.79 Å². The van der Waals surface area contributed by atoms with Gasteiger partial charge in [-0.1, -0.05) is 6.42 Å². The molecule has 1 fully saturated rings. The second-order valence-electron chi connectivity index (χ2n) is 4.27. The van der Waals surface area contributed by atoms with Crippen LogP contribution in [0.3, 0.4) is 0 Å². The van der Waals surface area contributed by atoms with Gasteiger partial charge < -0.3 is 15.2 Å². The Morgan fingerprint density at radius 3 is 3.12 bits per heavy atom. The van der Waals surface area contributed by atoms with Crippen LogP contribution in [0.25, 0.3) is 0 Å². The van der Waals surface area contributed by atoms with Gasteiger partial charge in [0.25, 0.3) is 5.56 Å². The summed E-state index contributed by atoms with van der Waals surface area (Å²) in [6.07, 6.45) is 6.86. The molecule has 1 aliphatic rings. The molecule has 2 heterocycles. The third-order valence-corrected chi connectivity index (χ3v) is 2.96. The predicted octanol–water partition coefficient (Wildman–Crippen LogP) is 0.348. The predicted molar refractivity (Wildman–Crippen MR) is 63.8 cm³/mol. The van der Waals surface area contributed by atoms with Gasteiger partial charge in [-0.15, -0.1) is 0 Å². The SMILES string of the molecule is CN(CC1CCCCN1)c1ncc[nH]c1=O. The average molecular weight is 222 g/mol. The summed E-state index contributed by atoms with van der Waals surface area (Å²) in [6, 6.07) is 0.472. The number of piperidine rings is 1. The Morgan fingerprint density at radius 1 is 1.56 bits per heavy atom. The third-order valence-electron chi connectivity index (χ3n) is 2.96. The number of nitrogens with one attached hydrogen (secondary N) is 2. The van der Waals surface area contributed by atoms with Crippen LogP contribution in [-0.2, 0) is 0 Å². The minimum Gasteiger partial charge on any atom is -0.354 e. The highest BCUT2D eigenvalue weighted by atomic mass is 16.1. The number of likely N-dealkylation sites (N-methyl/N-ethyl adjacent to an activating group) is 1. The fourth-order valence-electron chi connectivity index (χ4n) is 2.11. The molecule has 5 heteroatoms. The van der Waals surface area contributed by atoms with E-state index in [0.29, 0.717) is 11.9 Å². The first-order valence-electron chi connectivity index (χ1n) is 5.75. The number of hydrogen-bond acceptors (Lipinski definition) is 4. The van der Waals surface area contributed by atoms with Crippen molar-refractivity contribution in [1.82, 2.24) is 15.3 Å². The summed E-state index contributed by atoms with van der Waals surface area (Å²) in [5, 5.41) is 3.46. The Kier molecular flexibility index (Phi) is 3.56. The fourth-order valence-corrected chi connectivity index (χ4v) is 2.11. The van der Waals surface area contributed by atoms with Gasteiger partial charge in [0.05, 0.1) is 0 Å². The molecule has 1 atom stereocenters. The maximum Gasteiger partial charge on any atom is 0.290 e. The molecule has 0 radical (unpaired) electrons. The minimum atomic E-state index is -0.124. The topological polar surface area (TPSA) is 61.0 Å². The summed E-state index contributed by atoms with van der Waals surface area (Å²) in [7, 11) is 1.91. The summed E-state index contributed by atoms with van der Waals surface area (Å²) in [4.78, 5) is 20.2. The number of anilines is 1. The van der Waals surface area contributed by atoms with E-state index in [0.717, 1.165) is 13.1 Å². The maximum absolute atomic E-state index is 11.5. The molecule has 5 nitrogen and oxygen atoms in total. The van der Waals surface area contributed by atoms with Crippen molar-refractivity contribution >= 4 is 5.82 Å². The maximum atomic E-state index is 11.5. The summed E-state index contributed by atoms with van der Waals surface area (Å²) in [5.74, 6) is 0.495. The molecule has 1 unspecified atom stereocenters. The van der Waals surface area contributed by atoms with Gasteiger partial charge in [0.1, 0.15) is 0 Å². The largest absolute Gasteiger partial charge is 0.354 e. The molecule has 0 aromatic carbocycles. The summed E-state index contributed by atoms with van der Waals surface area (Å²) in [6.45, 7) is 1.91. The number of aromatic nitrogens is 2. The van der Waals surface area contributed by atoms with Gasteiger partial charge in [-0.2, -0.15) is 0 Å². The first-order valence-corrected chi connectivity index (χ1v) is 5.75. The van der Waals surface area contributed by atoms with Crippen LogP contribution in [0.5, 0.6) is 0 Å². The Bertz CT molecular complexity index is 384. The van der Waals surface area contributed by atoms with Gasteiger partial charge in [-0.3, -0.25) is 4.79 Å². The second-order valence-corrected chi connectivity index (χ2v) is 4.27. The monoisotopic (exact) mass is 222 g/mol. The second kappa shape index (κ2) is 5.12. The lowest BCUT2D eigenvalue weighted by molar-refractivity contribution is 0.402. The molecule has 1 saturated heterocycles. The lowest BCUT2D eigenvalue weighted by Crippen LogP contribution is -2.43. The molecule has 1 aliphatic heterocycles. The molecule has 0 spiro atoms. The van der Waals surface area contributed by atoms with Crippen molar-refractivity contribution in [1.29, 1.82) is 0 Å². The normalized spacial score (nSPS) is 20.7. The van der Waals surface area contributed by atoms with Gasteiger partial charge in [0.15, 0.2) is 5.82 Å². The van der Waals surface area contributed by atoms with Crippen LogP contribution in [0.15, 0.2) is 17.2 Å². The number of rotatable bonds is 3. The van der Waals surface area contributed by atoms with E-state index < -0.39 is 0 Å². The van der Waals surface area contributed by atoms with Crippen LogP contribution in [0.4, 0.5) is 5.82 Å².